The number of nitrogens with zero attached hydrogens (tertiary/aromatic N) is 3. The van der Waals surface area contributed by atoms with Crippen molar-refractivity contribution in [3.05, 3.63) is 61.8 Å². The van der Waals surface area contributed by atoms with Gasteiger partial charge in [0.1, 0.15) is 12.1 Å². The minimum absolute atomic E-state index is 0.134. The lowest BCUT2D eigenvalue weighted by atomic mass is 10.2. The van der Waals surface area contributed by atoms with Gasteiger partial charge in [0, 0.05) is 5.02 Å². The van der Waals surface area contributed by atoms with Crippen LogP contribution in [0.2, 0.25) is 15.1 Å². The lowest BCUT2D eigenvalue weighted by Crippen LogP contribution is -2.30. The summed E-state index contributed by atoms with van der Waals surface area (Å²) in [5, 5.41) is 10.9. The summed E-state index contributed by atoms with van der Waals surface area (Å²) in [7, 11) is 0. The number of ether oxygens (including phenoxy) is 1. The predicted octanol–water partition coefficient (Wildman–Crippen LogP) is 2.93. The third-order valence-corrected chi connectivity index (χ3v) is 4.36. The minimum Gasteiger partial charge on any atom is -0.454 e. The molecule has 0 saturated carbocycles. The Bertz CT molecular complexity index is 1110. The zero-order valence-corrected chi connectivity index (χ0v) is 16.3. The van der Waals surface area contributed by atoms with Gasteiger partial charge in [-0.15, -0.1) is 5.10 Å². The molecule has 0 aliphatic rings. The maximum Gasteiger partial charge on any atom is 0.328 e. The van der Waals surface area contributed by atoms with Crippen molar-refractivity contribution in [1.82, 2.24) is 15.0 Å². The number of amides is 1. The van der Waals surface area contributed by atoms with Crippen LogP contribution in [0.3, 0.4) is 0 Å². The average Bonchev–Trinajstić information content (AvgIpc) is 2.65. The van der Waals surface area contributed by atoms with Crippen molar-refractivity contribution in [2.75, 3.05) is 11.9 Å². The number of esters is 1. The van der Waals surface area contributed by atoms with Crippen LogP contribution in [0, 0.1) is 0 Å². The van der Waals surface area contributed by atoms with Gasteiger partial charge >= 0.3 is 5.97 Å². The first kappa shape index (κ1) is 20.1. The molecule has 0 bridgehead atoms. The highest BCUT2D eigenvalue weighted by molar-refractivity contribution is 6.42. The van der Waals surface area contributed by atoms with Gasteiger partial charge in [0.25, 0.3) is 11.5 Å². The summed E-state index contributed by atoms with van der Waals surface area (Å²) in [4.78, 5) is 36.2. The van der Waals surface area contributed by atoms with Gasteiger partial charge in [0.05, 0.1) is 21.1 Å². The SMILES string of the molecule is O=C(COC(=O)Cn1nnc2ccccc2c1=O)Nc1c(Cl)cc(Cl)cc1Cl. The highest BCUT2D eigenvalue weighted by atomic mass is 35.5. The molecule has 1 aromatic heterocycles. The molecule has 8 nitrogen and oxygen atoms in total. The van der Waals surface area contributed by atoms with Gasteiger partial charge in [-0.1, -0.05) is 52.1 Å². The number of carbonyl (C=O) groups excluding carboxylic acids is 2. The lowest BCUT2D eigenvalue weighted by Gasteiger charge is -2.10. The van der Waals surface area contributed by atoms with E-state index in [9.17, 15) is 14.4 Å². The predicted molar refractivity (Wildman–Crippen MR) is 105 cm³/mol. The Morgan fingerprint density at radius 1 is 1.11 bits per heavy atom. The molecule has 2 aromatic carbocycles. The molecule has 0 saturated heterocycles. The van der Waals surface area contributed by atoms with Gasteiger partial charge in [-0.3, -0.25) is 14.4 Å². The van der Waals surface area contributed by atoms with E-state index >= 15 is 0 Å². The van der Waals surface area contributed by atoms with E-state index in [1.54, 1.807) is 24.3 Å². The van der Waals surface area contributed by atoms with Crippen LogP contribution in [0.25, 0.3) is 10.9 Å². The molecule has 0 spiro atoms. The molecule has 0 aliphatic carbocycles. The fraction of sp³-hybridized carbons (Fsp3) is 0.118. The molecule has 1 N–H and O–H groups in total. The van der Waals surface area contributed by atoms with Crippen molar-refractivity contribution < 1.29 is 14.3 Å². The Morgan fingerprint density at radius 2 is 1.79 bits per heavy atom. The molecular formula is C17H11Cl3N4O4. The monoisotopic (exact) mass is 440 g/mol. The Balaban J connectivity index is 1.61. The summed E-state index contributed by atoms with van der Waals surface area (Å²) in [6.07, 6.45) is 0. The summed E-state index contributed by atoms with van der Waals surface area (Å²) in [6, 6.07) is 9.39. The Hall–Kier alpha value is -2.68. The van der Waals surface area contributed by atoms with Crippen LogP contribution in [0.4, 0.5) is 5.69 Å². The number of anilines is 1. The highest BCUT2D eigenvalue weighted by Crippen LogP contribution is 2.33. The van der Waals surface area contributed by atoms with Gasteiger partial charge in [-0.05, 0) is 24.3 Å². The molecule has 11 heteroatoms. The summed E-state index contributed by atoms with van der Waals surface area (Å²) in [5.74, 6) is -1.51. The zero-order chi connectivity index (χ0) is 20.3. The van der Waals surface area contributed by atoms with Crippen molar-refractivity contribution in [2.24, 2.45) is 0 Å². The van der Waals surface area contributed by atoms with Crippen LogP contribution >= 0.6 is 34.8 Å². The topological polar surface area (TPSA) is 103 Å². The van der Waals surface area contributed by atoms with Gasteiger partial charge < -0.3 is 10.1 Å². The van der Waals surface area contributed by atoms with Gasteiger partial charge in [-0.2, -0.15) is 4.68 Å². The third kappa shape index (κ3) is 4.59. The molecule has 1 amide bonds. The van der Waals surface area contributed by atoms with Gasteiger partial charge in [0.2, 0.25) is 0 Å². The van der Waals surface area contributed by atoms with E-state index in [0.29, 0.717) is 15.9 Å². The first-order chi connectivity index (χ1) is 13.3. The first-order valence-electron chi connectivity index (χ1n) is 7.77. The van der Waals surface area contributed by atoms with Crippen LogP contribution in [-0.4, -0.2) is 33.5 Å². The minimum atomic E-state index is -0.838. The Labute approximate surface area is 172 Å². The highest BCUT2D eigenvalue weighted by Gasteiger charge is 2.15. The Kier molecular flexibility index (Phi) is 6.13. The van der Waals surface area contributed by atoms with Crippen molar-refractivity contribution in [1.29, 1.82) is 0 Å². The van der Waals surface area contributed by atoms with Crippen molar-refractivity contribution >= 4 is 63.3 Å². The molecule has 0 fully saturated rings. The normalized spacial score (nSPS) is 10.7. The number of hydrogen-bond donors (Lipinski definition) is 1. The summed E-state index contributed by atoms with van der Waals surface area (Å²) in [6.45, 7) is -1.10. The maximum absolute atomic E-state index is 12.3. The fourth-order valence-electron chi connectivity index (χ4n) is 2.28. The molecule has 0 atom stereocenters. The molecule has 0 aliphatic heterocycles. The molecule has 3 rings (SSSR count). The van der Waals surface area contributed by atoms with E-state index in [-0.39, 0.29) is 15.7 Å². The van der Waals surface area contributed by atoms with E-state index in [2.05, 4.69) is 15.6 Å². The molecule has 144 valence electrons. The van der Waals surface area contributed by atoms with Crippen molar-refractivity contribution in [2.45, 2.75) is 6.54 Å². The second-order valence-electron chi connectivity index (χ2n) is 5.52. The Morgan fingerprint density at radius 3 is 2.50 bits per heavy atom. The molecule has 28 heavy (non-hydrogen) atoms. The number of benzene rings is 2. The van der Waals surface area contributed by atoms with E-state index in [4.69, 9.17) is 39.5 Å². The number of halogens is 3. The van der Waals surface area contributed by atoms with Crippen LogP contribution in [0.5, 0.6) is 0 Å². The zero-order valence-electron chi connectivity index (χ0n) is 14.0. The summed E-state index contributed by atoms with van der Waals surface area (Å²) in [5.41, 5.74) is 0.0605. The van der Waals surface area contributed by atoms with E-state index in [0.717, 1.165) is 4.68 Å². The maximum atomic E-state index is 12.3. The quantitative estimate of drug-likeness (QED) is 0.611. The number of hydrogen-bond acceptors (Lipinski definition) is 6. The van der Waals surface area contributed by atoms with Crippen LogP contribution in [0.15, 0.2) is 41.2 Å². The lowest BCUT2D eigenvalue weighted by molar-refractivity contribution is -0.148. The first-order valence-corrected chi connectivity index (χ1v) is 8.91. The van der Waals surface area contributed by atoms with Gasteiger partial charge in [0.15, 0.2) is 6.61 Å². The fourth-order valence-corrected chi connectivity index (χ4v) is 3.19. The van der Waals surface area contributed by atoms with E-state index in [1.165, 1.54) is 12.1 Å². The van der Waals surface area contributed by atoms with E-state index < -0.39 is 30.6 Å². The number of rotatable bonds is 5. The second-order valence-corrected chi connectivity index (χ2v) is 6.77. The van der Waals surface area contributed by atoms with Crippen LogP contribution in [0.1, 0.15) is 0 Å². The average molecular weight is 442 g/mol. The summed E-state index contributed by atoms with van der Waals surface area (Å²) < 4.78 is 5.72. The third-order valence-electron chi connectivity index (χ3n) is 3.54. The number of carbonyl (C=O) groups is 2. The number of aromatic nitrogens is 3. The molecule has 0 unspecified atom stereocenters. The standard InChI is InChI=1S/C17H11Cl3N4O4/c18-9-5-11(19)16(12(20)6-9)21-14(25)8-28-15(26)7-24-17(27)10-3-1-2-4-13(10)22-23-24/h1-6H,7-8H2,(H,21,25). The molecule has 0 radical (unpaired) electrons. The van der Waals surface area contributed by atoms with Crippen molar-refractivity contribution in [3.8, 4) is 0 Å². The summed E-state index contributed by atoms with van der Waals surface area (Å²) >= 11 is 17.7. The number of nitrogens with one attached hydrogen (secondary N) is 1. The molecule has 1 heterocycles. The molecule has 3 aromatic rings. The van der Waals surface area contributed by atoms with Gasteiger partial charge in [-0.25, -0.2) is 0 Å². The smallest absolute Gasteiger partial charge is 0.328 e. The van der Waals surface area contributed by atoms with Crippen molar-refractivity contribution in [3.63, 3.8) is 0 Å². The number of fused-ring (bicyclic) bond motifs is 1. The van der Waals surface area contributed by atoms with Crippen LogP contribution in [-0.2, 0) is 20.9 Å². The van der Waals surface area contributed by atoms with E-state index in [1.807, 2.05) is 0 Å². The molecular weight excluding hydrogens is 431 g/mol. The second kappa shape index (κ2) is 8.55. The van der Waals surface area contributed by atoms with Crippen LogP contribution < -0.4 is 10.9 Å². The largest absolute Gasteiger partial charge is 0.454 e.